The molecule has 0 aromatic carbocycles. The van der Waals surface area contributed by atoms with Crippen LogP contribution in [0.5, 0.6) is 0 Å². The van der Waals surface area contributed by atoms with Gasteiger partial charge in [0.1, 0.15) is 17.5 Å². The van der Waals surface area contributed by atoms with Crippen LogP contribution in [-0.4, -0.2) is 16.3 Å². The van der Waals surface area contributed by atoms with E-state index in [1.54, 1.807) is 4.68 Å². The van der Waals surface area contributed by atoms with Crippen LogP contribution >= 0.6 is 0 Å². The highest BCUT2D eigenvalue weighted by molar-refractivity contribution is 5.55. The van der Waals surface area contributed by atoms with Crippen LogP contribution in [0.3, 0.4) is 0 Å². The standard InChI is InChI=1S/C15H26N4/c1-6-7-8-9-15(3,4)11-17-14-13(10-16)12(2)18-19(14)5/h17H,6-9,11H2,1-5H3. The summed E-state index contributed by atoms with van der Waals surface area (Å²) >= 11 is 0. The lowest BCUT2D eigenvalue weighted by Crippen LogP contribution is -2.24. The molecule has 0 radical (unpaired) electrons. The summed E-state index contributed by atoms with van der Waals surface area (Å²) in [7, 11) is 1.88. The Balaban J connectivity index is 2.64. The van der Waals surface area contributed by atoms with Gasteiger partial charge in [0.2, 0.25) is 0 Å². The van der Waals surface area contributed by atoms with Crippen molar-refractivity contribution in [3.63, 3.8) is 0 Å². The third kappa shape index (κ3) is 4.27. The van der Waals surface area contributed by atoms with Crippen LogP contribution < -0.4 is 5.32 Å². The number of hydrogen-bond donors (Lipinski definition) is 1. The zero-order chi connectivity index (χ0) is 14.5. The van der Waals surface area contributed by atoms with Crippen molar-refractivity contribution in [1.82, 2.24) is 9.78 Å². The molecule has 0 atom stereocenters. The second-order valence-electron chi connectivity index (χ2n) is 6.02. The van der Waals surface area contributed by atoms with Crippen molar-refractivity contribution < 1.29 is 0 Å². The van der Waals surface area contributed by atoms with Crippen LogP contribution in [0.2, 0.25) is 0 Å². The maximum atomic E-state index is 9.17. The number of nitrogens with zero attached hydrogens (tertiary/aromatic N) is 3. The summed E-state index contributed by atoms with van der Waals surface area (Å²) < 4.78 is 1.76. The molecule has 1 N–H and O–H groups in total. The quantitative estimate of drug-likeness (QED) is 0.764. The van der Waals surface area contributed by atoms with Gasteiger partial charge in [0, 0.05) is 13.6 Å². The van der Waals surface area contributed by atoms with Crippen LogP contribution in [0.25, 0.3) is 0 Å². The zero-order valence-corrected chi connectivity index (χ0v) is 12.9. The lowest BCUT2D eigenvalue weighted by Gasteiger charge is -2.25. The number of aryl methyl sites for hydroxylation is 2. The van der Waals surface area contributed by atoms with Crippen molar-refractivity contribution in [2.24, 2.45) is 12.5 Å². The lowest BCUT2D eigenvalue weighted by atomic mass is 9.87. The van der Waals surface area contributed by atoms with E-state index in [1.807, 2.05) is 14.0 Å². The van der Waals surface area contributed by atoms with Gasteiger partial charge in [-0.25, -0.2) is 0 Å². The van der Waals surface area contributed by atoms with E-state index in [1.165, 1.54) is 25.7 Å². The molecule has 0 saturated heterocycles. The zero-order valence-electron chi connectivity index (χ0n) is 12.9. The first-order valence-electron chi connectivity index (χ1n) is 7.09. The first kappa shape index (κ1) is 15.6. The first-order valence-corrected chi connectivity index (χ1v) is 7.09. The molecule has 4 heteroatoms. The van der Waals surface area contributed by atoms with Gasteiger partial charge in [-0.05, 0) is 18.8 Å². The molecule has 1 heterocycles. The summed E-state index contributed by atoms with van der Waals surface area (Å²) in [4.78, 5) is 0. The van der Waals surface area contributed by atoms with Gasteiger partial charge in [0.05, 0.1) is 5.69 Å². The van der Waals surface area contributed by atoms with Gasteiger partial charge in [0.15, 0.2) is 0 Å². The first-order chi connectivity index (χ1) is 8.91. The number of nitriles is 1. The number of anilines is 1. The average Bonchev–Trinajstić information content (AvgIpc) is 2.61. The summed E-state index contributed by atoms with van der Waals surface area (Å²) in [6, 6.07) is 2.23. The second kappa shape index (κ2) is 6.60. The van der Waals surface area contributed by atoms with E-state index in [0.29, 0.717) is 5.56 Å². The lowest BCUT2D eigenvalue weighted by molar-refractivity contribution is 0.342. The molecule has 0 bridgehead atoms. The molecule has 0 fully saturated rings. The summed E-state index contributed by atoms with van der Waals surface area (Å²) in [5.41, 5.74) is 1.68. The van der Waals surface area contributed by atoms with Crippen LogP contribution in [0.4, 0.5) is 5.82 Å². The van der Waals surface area contributed by atoms with Gasteiger partial charge in [-0.15, -0.1) is 0 Å². The van der Waals surface area contributed by atoms with E-state index in [9.17, 15) is 5.26 Å². The average molecular weight is 262 g/mol. The van der Waals surface area contributed by atoms with Crippen molar-refractivity contribution >= 4 is 5.82 Å². The molecule has 1 rings (SSSR count). The van der Waals surface area contributed by atoms with Gasteiger partial charge in [-0.1, -0.05) is 40.0 Å². The van der Waals surface area contributed by atoms with E-state index in [2.05, 4.69) is 37.3 Å². The molecular formula is C15H26N4. The van der Waals surface area contributed by atoms with Crippen molar-refractivity contribution in [3.05, 3.63) is 11.3 Å². The molecule has 0 aliphatic heterocycles. The minimum Gasteiger partial charge on any atom is -0.369 e. The number of nitrogens with one attached hydrogen (secondary N) is 1. The van der Waals surface area contributed by atoms with Crippen LogP contribution in [0, 0.1) is 23.7 Å². The molecule has 1 aromatic heterocycles. The van der Waals surface area contributed by atoms with Crippen LogP contribution in [0.1, 0.15) is 57.7 Å². The second-order valence-corrected chi connectivity index (χ2v) is 6.02. The maximum absolute atomic E-state index is 9.17. The van der Waals surface area contributed by atoms with E-state index in [4.69, 9.17) is 0 Å². The molecule has 4 nitrogen and oxygen atoms in total. The van der Waals surface area contributed by atoms with Gasteiger partial charge < -0.3 is 5.32 Å². The Labute approximate surface area is 116 Å². The fraction of sp³-hybridized carbons (Fsp3) is 0.733. The highest BCUT2D eigenvalue weighted by Gasteiger charge is 2.19. The fourth-order valence-corrected chi connectivity index (χ4v) is 2.26. The fourth-order valence-electron chi connectivity index (χ4n) is 2.26. The van der Waals surface area contributed by atoms with Crippen molar-refractivity contribution in [1.29, 1.82) is 5.26 Å². The third-order valence-electron chi connectivity index (χ3n) is 3.53. The Morgan fingerprint density at radius 2 is 2.05 bits per heavy atom. The molecule has 0 spiro atoms. The summed E-state index contributed by atoms with van der Waals surface area (Å²) in [5.74, 6) is 0.837. The van der Waals surface area contributed by atoms with Gasteiger partial charge in [-0.3, -0.25) is 4.68 Å². The topological polar surface area (TPSA) is 53.6 Å². The normalized spacial score (nSPS) is 11.4. The van der Waals surface area contributed by atoms with Crippen molar-refractivity contribution in [2.75, 3.05) is 11.9 Å². The predicted octanol–water partition coefficient (Wildman–Crippen LogP) is 3.62. The Kier molecular flexibility index (Phi) is 5.41. The molecule has 0 aliphatic rings. The largest absolute Gasteiger partial charge is 0.369 e. The molecule has 1 aromatic rings. The molecule has 0 aliphatic carbocycles. The number of rotatable bonds is 7. The number of unbranched alkanes of at least 4 members (excludes halogenated alkanes) is 2. The number of hydrogen-bond acceptors (Lipinski definition) is 3. The Morgan fingerprint density at radius 3 is 2.63 bits per heavy atom. The van der Waals surface area contributed by atoms with Gasteiger partial charge in [0.25, 0.3) is 0 Å². The van der Waals surface area contributed by atoms with E-state index < -0.39 is 0 Å². The van der Waals surface area contributed by atoms with Crippen LogP contribution in [-0.2, 0) is 7.05 Å². The Hall–Kier alpha value is -1.50. The molecule has 0 unspecified atom stereocenters. The molecule has 0 amide bonds. The molecule has 19 heavy (non-hydrogen) atoms. The van der Waals surface area contributed by atoms with Gasteiger partial charge >= 0.3 is 0 Å². The third-order valence-corrected chi connectivity index (χ3v) is 3.53. The Morgan fingerprint density at radius 1 is 1.37 bits per heavy atom. The van der Waals surface area contributed by atoms with Gasteiger partial charge in [-0.2, -0.15) is 10.4 Å². The minimum absolute atomic E-state index is 0.236. The summed E-state index contributed by atoms with van der Waals surface area (Å²) in [6.45, 7) is 9.50. The highest BCUT2D eigenvalue weighted by atomic mass is 15.3. The maximum Gasteiger partial charge on any atom is 0.142 e. The SMILES string of the molecule is CCCCCC(C)(C)CNc1c(C#N)c(C)nn1C. The molecular weight excluding hydrogens is 236 g/mol. The molecule has 0 saturated carbocycles. The van der Waals surface area contributed by atoms with Crippen molar-refractivity contribution in [2.45, 2.75) is 53.4 Å². The molecule has 106 valence electrons. The minimum atomic E-state index is 0.236. The van der Waals surface area contributed by atoms with E-state index in [-0.39, 0.29) is 5.41 Å². The smallest absolute Gasteiger partial charge is 0.142 e. The number of aromatic nitrogens is 2. The van der Waals surface area contributed by atoms with E-state index >= 15 is 0 Å². The van der Waals surface area contributed by atoms with E-state index in [0.717, 1.165) is 18.1 Å². The summed E-state index contributed by atoms with van der Waals surface area (Å²) in [6.07, 6.45) is 5.01. The predicted molar refractivity (Wildman–Crippen MR) is 79.1 cm³/mol. The summed E-state index contributed by atoms with van der Waals surface area (Å²) in [5, 5.41) is 16.9. The Bertz CT molecular complexity index is 451. The highest BCUT2D eigenvalue weighted by Crippen LogP contribution is 2.25. The van der Waals surface area contributed by atoms with Crippen molar-refractivity contribution in [3.8, 4) is 6.07 Å². The van der Waals surface area contributed by atoms with Crippen LogP contribution in [0.15, 0.2) is 0 Å². The monoisotopic (exact) mass is 262 g/mol.